The zero-order valence-corrected chi connectivity index (χ0v) is 16.4. The van der Waals surface area contributed by atoms with Crippen molar-refractivity contribution < 1.29 is 14.3 Å². The molecule has 0 amide bonds. The Morgan fingerprint density at radius 2 is 1.83 bits per heavy atom. The summed E-state index contributed by atoms with van der Waals surface area (Å²) >= 11 is 0. The maximum atomic E-state index is 13.0. The number of rotatable bonds is 3. The summed E-state index contributed by atoms with van der Waals surface area (Å²) in [6, 6.07) is 19.0. The second kappa shape index (κ2) is 7.14. The number of ketones is 1. The Labute approximate surface area is 170 Å². The van der Waals surface area contributed by atoms with Crippen molar-refractivity contribution in [3.63, 3.8) is 0 Å². The first-order valence-corrected chi connectivity index (χ1v) is 9.55. The monoisotopic (exact) mass is 386 g/mol. The summed E-state index contributed by atoms with van der Waals surface area (Å²) in [5.41, 5.74) is 7.44. The first-order chi connectivity index (χ1) is 13.9. The van der Waals surface area contributed by atoms with Gasteiger partial charge in [0.05, 0.1) is 5.92 Å². The van der Waals surface area contributed by atoms with E-state index in [9.17, 15) is 10.1 Å². The van der Waals surface area contributed by atoms with Gasteiger partial charge in [0.25, 0.3) is 0 Å². The molecule has 2 aromatic rings. The Kier molecular flexibility index (Phi) is 4.63. The zero-order valence-electron chi connectivity index (χ0n) is 16.4. The summed E-state index contributed by atoms with van der Waals surface area (Å²) in [6.45, 7) is 4.06. The molecule has 0 fully saturated rings. The molecule has 1 unspecified atom stereocenters. The van der Waals surface area contributed by atoms with E-state index in [1.807, 2.05) is 68.4 Å². The third-order valence-corrected chi connectivity index (χ3v) is 5.25. The van der Waals surface area contributed by atoms with E-state index >= 15 is 0 Å². The molecule has 0 bridgehead atoms. The van der Waals surface area contributed by atoms with Crippen LogP contribution in [0.25, 0.3) is 0 Å². The average Bonchev–Trinajstić information content (AvgIpc) is 2.67. The number of Topliss-reactive ketones (excluding diaryl/α,β-unsaturated/α-hetero) is 1. The maximum absolute atomic E-state index is 13.0. The van der Waals surface area contributed by atoms with Gasteiger partial charge in [-0.3, -0.25) is 4.79 Å². The van der Waals surface area contributed by atoms with Gasteiger partial charge in [-0.05, 0) is 35.2 Å². The minimum atomic E-state index is -0.549. The molecule has 1 aliphatic heterocycles. The van der Waals surface area contributed by atoms with E-state index in [4.69, 9.17) is 15.2 Å². The molecule has 29 heavy (non-hydrogen) atoms. The number of nitriles is 1. The maximum Gasteiger partial charge on any atom is 0.205 e. The van der Waals surface area contributed by atoms with Crippen molar-refractivity contribution in [2.75, 3.05) is 0 Å². The highest BCUT2D eigenvalue weighted by Gasteiger charge is 2.43. The Hall–Kier alpha value is -3.52. The molecule has 0 spiro atoms. The van der Waals surface area contributed by atoms with Crippen molar-refractivity contribution >= 4 is 5.78 Å². The highest BCUT2D eigenvalue weighted by atomic mass is 16.5. The molecule has 0 saturated carbocycles. The van der Waals surface area contributed by atoms with Crippen LogP contribution in [-0.4, -0.2) is 5.78 Å². The van der Waals surface area contributed by atoms with Crippen molar-refractivity contribution in [1.29, 1.82) is 5.26 Å². The Balaban J connectivity index is 1.78. The molecule has 4 rings (SSSR count). The fourth-order valence-corrected chi connectivity index (χ4v) is 4.00. The van der Waals surface area contributed by atoms with Crippen LogP contribution in [0, 0.1) is 16.7 Å². The fraction of sp³-hybridized carbons (Fsp3) is 0.250. The van der Waals surface area contributed by atoms with E-state index in [0.717, 1.165) is 5.56 Å². The van der Waals surface area contributed by atoms with Gasteiger partial charge in [0.1, 0.15) is 28.9 Å². The zero-order chi connectivity index (χ0) is 20.6. The van der Waals surface area contributed by atoms with Gasteiger partial charge in [-0.1, -0.05) is 44.2 Å². The molecule has 5 nitrogen and oxygen atoms in total. The standard InChI is InChI=1S/C24H22N2O3/c1-24(2)12-19(27)22-20(13-24)29-23(26)18(14-25)21(22)15-7-6-10-17(11-15)28-16-8-4-3-5-9-16/h3-11,21H,12-13,26H2,1-2H3. The first kappa shape index (κ1) is 18.8. The van der Waals surface area contributed by atoms with Crippen LogP contribution in [0.15, 0.2) is 77.4 Å². The highest BCUT2D eigenvalue weighted by molar-refractivity contribution is 6.00. The van der Waals surface area contributed by atoms with Gasteiger partial charge in [0.15, 0.2) is 5.78 Å². The number of nitrogens with zero attached hydrogens (tertiary/aromatic N) is 1. The van der Waals surface area contributed by atoms with E-state index in [-0.39, 0.29) is 22.7 Å². The van der Waals surface area contributed by atoms with Gasteiger partial charge in [-0.15, -0.1) is 0 Å². The van der Waals surface area contributed by atoms with Crippen molar-refractivity contribution in [3.8, 4) is 17.6 Å². The van der Waals surface area contributed by atoms with Crippen LogP contribution >= 0.6 is 0 Å². The average molecular weight is 386 g/mol. The number of ether oxygens (including phenoxy) is 2. The molecule has 1 heterocycles. The number of para-hydroxylation sites is 1. The third kappa shape index (κ3) is 3.62. The van der Waals surface area contributed by atoms with Crippen LogP contribution in [0.2, 0.25) is 0 Å². The highest BCUT2D eigenvalue weighted by Crippen LogP contribution is 2.48. The quantitative estimate of drug-likeness (QED) is 0.808. The SMILES string of the molecule is CC1(C)CC(=O)C2=C(C1)OC(N)=C(C#N)C2c1cccc(Oc2ccccc2)c1. The van der Waals surface area contributed by atoms with Crippen LogP contribution in [0.4, 0.5) is 0 Å². The largest absolute Gasteiger partial charge is 0.457 e. The Bertz CT molecular complexity index is 1070. The molecule has 0 saturated heterocycles. The van der Waals surface area contributed by atoms with E-state index in [0.29, 0.717) is 35.7 Å². The molecule has 2 aromatic carbocycles. The van der Waals surface area contributed by atoms with Crippen LogP contribution < -0.4 is 10.5 Å². The van der Waals surface area contributed by atoms with E-state index in [2.05, 4.69) is 6.07 Å². The summed E-state index contributed by atoms with van der Waals surface area (Å²) in [4.78, 5) is 13.0. The van der Waals surface area contributed by atoms with Crippen molar-refractivity contribution in [3.05, 3.63) is 82.9 Å². The van der Waals surface area contributed by atoms with Gasteiger partial charge in [-0.2, -0.15) is 5.26 Å². The topological polar surface area (TPSA) is 85.3 Å². The lowest BCUT2D eigenvalue weighted by Gasteiger charge is -2.37. The molecular formula is C24H22N2O3. The van der Waals surface area contributed by atoms with Crippen molar-refractivity contribution in [1.82, 2.24) is 0 Å². The number of hydrogen-bond acceptors (Lipinski definition) is 5. The molecule has 2 N–H and O–H groups in total. The summed E-state index contributed by atoms with van der Waals surface area (Å²) in [5, 5.41) is 9.74. The van der Waals surface area contributed by atoms with Gasteiger partial charge >= 0.3 is 0 Å². The van der Waals surface area contributed by atoms with Gasteiger partial charge in [-0.25, -0.2) is 0 Å². The molecule has 146 valence electrons. The summed E-state index contributed by atoms with van der Waals surface area (Å²) < 4.78 is 11.7. The molecule has 0 aromatic heterocycles. The van der Waals surface area contributed by atoms with Crippen molar-refractivity contribution in [2.45, 2.75) is 32.6 Å². The number of benzene rings is 2. The summed E-state index contributed by atoms with van der Waals surface area (Å²) in [7, 11) is 0. The lowest BCUT2D eigenvalue weighted by atomic mass is 9.70. The fourth-order valence-electron chi connectivity index (χ4n) is 4.00. The first-order valence-electron chi connectivity index (χ1n) is 9.55. The number of hydrogen-bond donors (Lipinski definition) is 1. The normalized spacial score (nSPS) is 20.6. The van der Waals surface area contributed by atoms with Crippen molar-refractivity contribution in [2.24, 2.45) is 11.1 Å². The van der Waals surface area contributed by atoms with Gasteiger partial charge in [0.2, 0.25) is 5.88 Å². The molecule has 2 aliphatic rings. The molecule has 5 heteroatoms. The number of carbonyl (C=O) groups excluding carboxylic acids is 1. The van der Waals surface area contributed by atoms with Crippen LogP contribution in [0.3, 0.4) is 0 Å². The van der Waals surface area contributed by atoms with E-state index < -0.39 is 5.92 Å². The number of allylic oxidation sites excluding steroid dienone is 3. The second-order valence-electron chi connectivity index (χ2n) is 8.19. The Morgan fingerprint density at radius 3 is 2.55 bits per heavy atom. The predicted molar refractivity (Wildman–Crippen MR) is 109 cm³/mol. The van der Waals surface area contributed by atoms with Crippen LogP contribution in [0.5, 0.6) is 11.5 Å². The van der Waals surface area contributed by atoms with Gasteiger partial charge in [0, 0.05) is 18.4 Å². The molecular weight excluding hydrogens is 364 g/mol. The molecule has 1 atom stereocenters. The summed E-state index contributed by atoms with van der Waals surface area (Å²) in [6.07, 6.45) is 1.01. The van der Waals surface area contributed by atoms with Gasteiger partial charge < -0.3 is 15.2 Å². The predicted octanol–water partition coefficient (Wildman–Crippen LogP) is 4.93. The lowest BCUT2D eigenvalue weighted by Crippen LogP contribution is -2.33. The molecule has 1 aliphatic carbocycles. The smallest absolute Gasteiger partial charge is 0.205 e. The lowest BCUT2D eigenvalue weighted by molar-refractivity contribution is -0.119. The van der Waals surface area contributed by atoms with E-state index in [1.165, 1.54) is 0 Å². The summed E-state index contributed by atoms with van der Waals surface area (Å²) in [5.74, 6) is 1.42. The van der Waals surface area contributed by atoms with E-state index in [1.54, 1.807) is 0 Å². The third-order valence-electron chi connectivity index (χ3n) is 5.25. The number of nitrogens with two attached hydrogens (primary N) is 1. The van der Waals surface area contributed by atoms with Crippen LogP contribution in [0.1, 0.15) is 38.2 Å². The minimum Gasteiger partial charge on any atom is -0.457 e. The second-order valence-corrected chi connectivity index (χ2v) is 8.19. The van der Waals surface area contributed by atoms with Crippen LogP contribution in [-0.2, 0) is 9.53 Å². The Morgan fingerprint density at radius 1 is 1.10 bits per heavy atom. The molecule has 0 radical (unpaired) electrons. The number of carbonyl (C=O) groups is 1. The minimum absolute atomic E-state index is 0.00381.